The van der Waals surface area contributed by atoms with Crippen LogP contribution in [0.15, 0.2) is 36.4 Å². The number of rotatable bonds is 6. The first-order chi connectivity index (χ1) is 9.24. The molecule has 19 heavy (non-hydrogen) atoms. The van der Waals surface area contributed by atoms with E-state index in [-0.39, 0.29) is 6.10 Å². The number of hydrogen-bond donors (Lipinski definition) is 1. The van der Waals surface area contributed by atoms with Crippen LogP contribution in [-0.4, -0.2) is 13.2 Å². The Kier molecular flexibility index (Phi) is 4.80. The third-order valence-electron chi connectivity index (χ3n) is 3.31. The summed E-state index contributed by atoms with van der Waals surface area (Å²) in [5.74, 6) is 0.995. The Labute approximate surface area is 115 Å². The minimum absolute atomic E-state index is 0.271. The number of hydrogen-bond acceptors (Lipinski definition) is 2. The van der Waals surface area contributed by atoms with Gasteiger partial charge in [-0.3, -0.25) is 0 Å². The summed E-state index contributed by atoms with van der Waals surface area (Å²) in [6.07, 6.45) is 2.51. The summed E-state index contributed by atoms with van der Waals surface area (Å²) in [6, 6.07) is 12.8. The van der Waals surface area contributed by atoms with Gasteiger partial charge in [-0.25, -0.2) is 0 Å². The molecule has 2 rings (SSSR count). The Bertz CT molecular complexity index is 536. The van der Waals surface area contributed by atoms with Crippen LogP contribution in [-0.2, 0) is 6.54 Å². The molecule has 2 aromatic carbocycles. The molecular weight excluding hydrogens is 234 g/mol. The van der Waals surface area contributed by atoms with Gasteiger partial charge in [-0.1, -0.05) is 37.6 Å². The Hall–Kier alpha value is -1.54. The van der Waals surface area contributed by atoms with E-state index >= 15 is 0 Å². The molecule has 1 atom stereocenters. The van der Waals surface area contributed by atoms with E-state index in [1.165, 1.54) is 16.3 Å². The first kappa shape index (κ1) is 13.9. The van der Waals surface area contributed by atoms with E-state index in [2.05, 4.69) is 55.6 Å². The van der Waals surface area contributed by atoms with E-state index in [1.807, 2.05) is 7.05 Å². The fraction of sp³-hybridized carbons (Fsp3) is 0.412. The first-order valence-corrected chi connectivity index (χ1v) is 7.07. The van der Waals surface area contributed by atoms with Crippen molar-refractivity contribution in [3.63, 3.8) is 0 Å². The highest BCUT2D eigenvalue weighted by molar-refractivity contribution is 5.88. The molecule has 0 saturated heterocycles. The summed E-state index contributed by atoms with van der Waals surface area (Å²) in [7, 11) is 1.97. The lowest BCUT2D eigenvalue weighted by Gasteiger charge is -2.16. The highest BCUT2D eigenvalue weighted by Crippen LogP contribution is 2.27. The van der Waals surface area contributed by atoms with Crippen LogP contribution in [0.1, 0.15) is 32.3 Å². The minimum atomic E-state index is 0.271. The summed E-state index contributed by atoms with van der Waals surface area (Å²) in [4.78, 5) is 0. The summed E-state index contributed by atoms with van der Waals surface area (Å²) in [6.45, 7) is 5.22. The number of fused-ring (bicyclic) bond motifs is 1. The van der Waals surface area contributed by atoms with Crippen LogP contribution in [0.5, 0.6) is 5.75 Å². The molecule has 0 aromatic heterocycles. The molecule has 0 fully saturated rings. The molecule has 0 radical (unpaired) electrons. The van der Waals surface area contributed by atoms with E-state index in [1.54, 1.807) is 0 Å². The van der Waals surface area contributed by atoms with E-state index in [9.17, 15) is 0 Å². The maximum absolute atomic E-state index is 6.05. The molecule has 0 aliphatic heterocycles. The maximum atomic E-state index is 6.05. The molecule has 1 unspecified atom stereocenters. The zero-order chi connectivity index (χ0) is 13.7. The molecule has 0 spiro atoms. The lowest BCUT2D eigenvalue weighted by molar-refractivity contribution is 0.212. The zero-order valence-electron chi connectivity index (χ0n) is 12.1. The maximum Gasteiger partial charge on any atom is 0.127 e. The van der Waals surface area contributed by atoms with Crippen molar-refractivity contribution in [1.82, 2.24) is 5.32 Å². The van der Waals surface area contributed by atoms with Crippen molar-refractivity contribution >= 4 is 10.8 Å². The highest BCUT2D eigenvalue weighted by atomic mass is 16.5. The summed E-state index contributed by atoms with van der Waals surface area (Å²) in [5, 5.41) is 5.62. The van der Waals surface area contributed by atoms with Crippen LogP contribution < -0.4 is 10.1 Å². The predicted octanol–water partition coefficient (Wildman–Crippen LogP) is 4.13. The van der Waals surface area contributed by atoms with Gasteiger partial charge in [0.2, 0.25) is 0 Å². The lowest BCUT2D eigenvalue weighted by Crippen LogP contribution is -2.11. The molecule has 2 aromatic rings. The fourth-order valence-corrected chi connectivity index (χ4v) is 2.40. The topological polar surface area (TPSA) is 21.3 Å². The normalized spacial score (nSPS) is 12.6. The SMILES string of the molecule is CCCC(C)Oc1cccc2cc(CNC)ccc12. The molecule has 2 nitrogen and oxygen atoms in total. The molecule has 2 heteroatoms. The van der Waals surface area contributed by atoms with Gasteiger partial charge in [-0.05, 0) is 43.5 Å². The second-order valence-corrected chi connectivity index (χ2v) is 5.06. The van der Waals surface area contributed by atoms with Crippen molar-refractivity contribution in [1.29, 1.82) is 0 Å². The van der Waals surface area contributed by atoms with Crippen molar-refractivity contribution < 1.29 is 4.74 Å². The quantitative estimate of drug-likeness (QED) is 0.840. The van der Waals surface area contributed by atoms with Gasteiger partial charge in [-0.2, -0.15) is 0 Å². The van der Waals surface area contributed by atoms with Gasteiger partial charge in [0.1, 0.15) is 5.75 Å². The number of nitrogens with one attached hydrogen (secondary N) is 1. The minimum Gasteiger partial charge on any atom is -0.490 e. The van der Waals surface area contributed by atoms with Crippen LogP contribution in [0.25, 0.3) is 10.8 Å². The second kappa shape index (κ2) is 6.58. The average Bonchev–Trinajstić information content (AvgIpc) is 2.39. The van der Waals surface area contributed by atoms with E-state index in [4.69, 9.17) is 4.74 Å². The van der Waals surface area contributed by atoms with E-state index < -0.39 is 0 Å². The van der Waals surface area contributed by atoms with Gasteiger partial charge in [0.15, 0.2) is 0 Å². The third-order valence-corrected chi connectivity index (χ3v) is 3.31. The van der Waals surface area contributed by atoms with Gasteiger partial charge < -0.3 is 10.1 Å². The third kappa shape index (κ3) is 3.48. The van der Waals surface area contributed by atoms with Crippen LogP contribution in [0.2, 0.25) is 0 Å². The first-order valence-electron chi connectivity index (χ1n) is 7.07. The zero-order valence-corrected chi connectivity index (χ0v) is 12.1. The predicted molar refractivity (Wildman–Crippen MR) is 81.7 cm³/mol. The molecule has 0 bridgehead atoms. The van der Waals surface area contributed by atoms with Gasteiger partial charge >= 0.3 is 0 Å². The van der Waals surface area contributed by atoms with Gasteiger partial charge in [-0.15, -0.1) is 0 Å². The largest absolute Gasteiger partial charge is 0.490 e. The van der Waals surface area contributed by atoms with E-state index in [0.717, 1.165) is 25.1 Å². The molecule has 0 amide bonds. The highest BCUT2D eigenvalue weighted by Gasteiger charge is 2.07. The van der Waals surface area contributed by atoms with Crippen molar-refractivity contribution in [2.45, 2.75) is 39.3 Å². The van der Waals surface area contributed by atoms with Crippen molar-refractivity contribution in [2.75, 3.05) is 7.05 Å². The van der Waals surface area contributed by atoms with Crippen LogP contribution in [0, 0.1) is 0 Å². The van der Waals surface area contributed by atoms with Gasteiger partial charge in [0.05, 0.1) is 6.10 Å². The fourth-order valence-electron chi connectivity index (χ4n) is 2.40. The Morgan fingerprint density at radius 3 is 2.79 bits per heavy atom. The molecular formula is C17H23NO. The second-order valence-electron chi connectivity index (χ2n) is 5.06. The van der Waals surface area contributed by atoms with Gasteiger partial charge in [0.25, 0.3) is 0 Å². The summed E-state index contributed by atoms with van der Waals surface area (Å²) in [5.41, 5.74) is 1.30. The monoisotopic (exact) mass is 257 g/mol. The lowest BCUT2D eigenvalue weighted by atomic mass is 10.1. The number of benzene rings is 2. The standard InChI is InChI=1S/C17H23NO/c1-4-6-13(2)19-17-8-5-7-15-11-14(12-18-3)9-10-16(15)17/h5,7-11,13,18H,4,6,12H2,1-3H3. The van der Waals surface area contributed by atoms with Crippen LogP contribution >= 0.6 is 0 Å². The Morgan fingerprint density at radius 2 is 2.05 bits per heavy atom. The molecule has 1 N–H and O–H groups in total. The van der Waals surface area contributed by atoms with Crippen molar-refractivity contribution in [3.05, 3.63) is 42.0 Å². The number of ether oxygens (including phenoxy) is 1. The van der Waals surface area contributed by atoms with Crippen molar-refractivity contribution in [3.8, 4) is 5.75 Å². The molecule has 0 saturated carbocycles. The molecule has 0 aliphatic rings. The summed E-state index contributed by atoms with van der Waals surface area (Å²) < 4.78 is 6.05. The molecule has 102 valence electrons. The van der Waals surface area contributed by atoms with Crippen molar-refractivity contribution in [2.24, 2.45) is 0 Å². The van der Waals surface area contributed by atoms with E-state index in [0.29, 0.717) is 0 Å². The molecule has 0 heterocycles. The average molecular weight is 257 g/mol. The Balaban J connectivity index is 2.29. The Morgan fingerprint density at radius 1 is 1.21 bits per heavy atom. The van der Waals surface area contributed by atoms with Crippen LogP contribution in [0.3, 0.4) is 0 Å². The smallest absolute Gasteiger partial charge is 0.127 e. The van der Waals surface area contributed by atoms with Crippen LogP contribution in [0.4, 0.5) is 0 Å². The molecule has 0 aliphatic carbocycles. The van der Waals surface area contributed by atoms with Gasteiger partial charge in [0, 0.05) is 11.9 Å². The summed E-state index contributed by atoms with van der Waals surface area (Å²) >= 11 is 0.